The maximum atomic E-state index is 11.3. The largest absolute Gasteiger partial charge is 0.369 e. The van der Waals surface area contributed by atoms with E-state index in [0.717, 1.165) is 51.4 Å². The summed E-state index contributed by atoms with van der Waals surface area (Å²) in [6, 6.07) is 0. The number of primary amides is 1. The SMILES string of the molecule is CN=C(NCCCN1CCCC(C(N)=O)C1)NC(C)(C)C.I. The average Bonchev–Trinajstić information content (AvgIpc) is 2.41. The number of carbonyl (C=O) groups is 1. The molecular weight excluding hydrogens is 393 g/mol. The van der Waals surface area contributed by atoms with Crippen LogP contribution >= 0.6 is 24.0 Å². The van der Waals surface area contributed by atoms with Gasteiger partial charge >= 0.3 is 0 Å². The van der Waals surface area contributed by atoms with E-state index < -0.39 is 0 Å². The average molecular weight is 425 g/mol. The number of piperidine rings is 1. The van der Waals surface area contributed by atoms with Crippen LogP contribution in [0.25, 0.3) is 0 Å². The lowest BCUT2D eigenvalue weighted by molar-refractivity contribution is -0.123. The van der Waals surface area contributed by atoms with E-state index in [2.05, 4.69) is 41.3 Å². The molecule has 6 nitrogen and oxygen atoms in total. The highest BCUT2D eigenvalue weighted by atomic mass is 127. The molecule has 1 atom stereocenters. The van der Waals surface area contributed by atoms with Gasteiger partial charge in [-0.25, -0.2) is 0 Å². The Hall–Kier alpha value is -0.570. The molecule has 0 aromatic rings. The Labute approximate surface area is 151 Å². The Balaban J connectivity index is 0.00000441. The smallest absolute Gasteiger partial charge is 0.221 e. The molecule has 0 aliphatic carbocycles. The Morgan fingerprint density at radius 1 is 1.41 bits per heavy atom. The van der Waals surface area contributed by atoms with E-state index in [4.69, 9.17) is 5.73 Å². The molecule has 22 heavy (non-hydrogen) atoms. The maximum Gasteiger partial charge on any atom is 0.221 e. The monoisotopic (exact) mass is 425 g/mol. The van der Waals surface area contributed by atoms with E-state index in [1.807, 2.05) is 0 Å². The van der Waals surface area contributed by atoms with E-state index in [9.17, 15) is 4.79 Å². The number of amides is 1. The first-order valence-electron chi connectivity index (χ1n) is 7.82. The Bertz CT molecular complexity index is 367. The molecule has 1 amide bonds. The highest BCUT2D eigenvalue weighted by Crippen LogP contribution is 2.15. The van der Waals surface area contributed by atoms with Crippen LogP contribution in [0.3, 0.4) is 0 Å². The molecule has 1 aliphatic heterocycles. The van der Waals surface area contributed by atoms with Crippen LogP contribution in [-0.4, -0.2) is 55.5 Å². The van der Waals surface area contributed by atoms with Crippen LogP contribution in [0.2, 0.25) is 0 Å². The molecule has 1 aliphatic rings. The number of nitrogens with zero attached hydrogens (tertiary/aromatic N) is 2. The van der Waals surface area contributed by atoms with Gasteiger partial charge in [0, 0.05) is 25.7 Å². The fourth-order valence-electron chi connectivity index (χ4n) is 2.53. The van der Waals surface area contributed by atoms with Crippen molar-refractivity contribution >= 4 is 35.8 Å². The number of carbonyl (C=O) groups excluding carboxylic acids is 1. The predicted octanol–water partition coefficient (Wildman–Crippen LogP) is 1.16. The fraction of sp³-hybridized carbons (Fsp3) is 0.867. The van der Waals surface area contributed by atoms with Crippen molar-refractivity contribution in [3.8, 4) is 0 Å². The van der Waals surface area contributed by atoms with Gasteiger partial charge in [-0.05, 0) is 53.1 Å². The lowest BCUT2D eigenvalue weighted by Crippen LogP contribution is -2.48. The van der Waals surface area contributed by atoms with Crippen LogP contribution in [-0.2, 0) is 4.79 Å². The third kappa shape index (κ3) is 8.77. The minimum atomic E-state index is -0.160. The molecule has 0 bridgehead atoms. The first-order valence-corrected chi connectivity index (χ1v) is 7.82. The fourth-order valence-corrected chi connectivity index (χ4v) is 2.53. The molecule has 0 aromatic heterocycles. The number of rotatable bonds is 5. The molecule has 4 N–H and O–H groups in total. The Kier molecular flexibility index (Phi) is 9.99. The summed E-state index contributed by atoms with van der Waals surface area (Å²) >= 11 is 0. The summed E-state index contributed by atoms with van der Waals surface area (Å²) in [4.78, 5) is 17.8. The number of hydrogen-bond donors (Lipinski definition) is 3. The van der Waals surface area contributed by atoms with Crippen molar-refractivity contribution in [2.24, 2.45) is 16.6 Å². The van der Waals surface area contributed by atoms with Gasteiger partial charge in [0.1, 0.15) is 0 Å². The molecule has 1 heterocycles. The zero-order valence-electron chi connectivity index (χ0n) is 14.3. The van der Waals surface area contributed by atoms with Gasteiger partial charge in [-0.3, -0.25) is 9.79 Å². The highest BCUT2D eigenvalue weighted by molar-refractivity contribution is 14.0. The molecule has 0 aromatic carbocycles. The summed E-state index contributed by atoms with van der Waals surface area (Å²) in [5, 5.41) is 6.65. The molecular formula is C15H32IN5O. The molecule has 7 heteroatoms. The van der Waals surface area contributed by atoms with Crippen molar-refractivity contribution in [1.82, 2.24) is 15.5 Å². The van der Waals surface area contributed by atoms with E-state index in [1.165, 1.54) is 0 Å². The first-order chi connectivity index (χ1) is 9.81. The van der Waals surface area contributed by atoms with Gasteiger partial charge < -0.3 is 21.3 Å². The van der Waals surface area contributed by atoms with E-state index in [-0.39, 0.29) is 41.3 Å². The number of nitrogens with one attached hydrogen (secondary N) is 2. The van der Waals surface area contributed by atoms with Crippen molar-refractivity contribution in [2.45, 2.75) is 45.6 Å². The number of aliphatic imine (C=N–C) groups is 1. The number of nitrogens with two attached hydrogens (primary N) is 1. The van der Waals surface area contributed by atoms with E-state index in [1.54, 1.807) is 7.05 Å². The normalized spacial score (nSPS) is 20.2. The number of likely N-dealkylation sites (tertiary alicyclic amines) is 1. The lowest BCUT2D eigenvalue weighted by atomic mass is 9.97. The van der Waals surface area contributed by atoms with Crippen LogP contribution in [0.15, 0.2) is 4.99 Å². The van der Waals surface area contributed by atoms with E-state index in [0.29, 0.717) is 0 Å². The summed E-state index contributed by atoms with van der Waals surface area (Å²) < 4.78 is 0. The number of hydrogen-bond acceptors (Lipinski definition) is 3. The standard InChI is InChI=1S/C15H31N5O.HI/c1-15(2,3)19-14(17-4)18-8-6-10-20-9-5-7-12(11-20)13(16)21;/h12H,5-11H2,1-4H3,(H2,16,21)(H2,17,18,19);1H. The molecule has 0 spiro atoms. The second kappa shape index (κ2) is 10.3. The molecule has 1 saturated heterocycles. The molecule has 1 rings (SSSR count). The first kappa shape index (κ1) is 21.4. The Morgan fingerprint density at radius 2 is 2.09 bits per heavy atom. The lowest BCUT2D eigenvalue weighted by Gasteiger charge is -2.31. The van der Waals surface area contributed by atoms with Crippen molar-refractivity contribution in [3.63, 3.8) is 0 Å². The predicted molar refractivity (Wildman–Crippen MR) is 103 cm³/mol. The number of halogens is 1. The summed E-state index contributed by atoms with van der Waals surface area (Å²) in [6.45, 7) is 10.1. The van der Waals surface area contributed by atoms with Gasteiger partial charge in [0.2, 0.25) is 5.91 Å². The third-order valence-corrected chi connectivity index (χ3v) is 3.57. The molecule has 1 unspecified atom stereocenters. The topological polar surface area (TPSA) is 82.8 Å². The van der Waals surface area contributed by atoms with E-state index >= 15 is 0 Å². The quantitative estimate of drug-likeness (QED) is 0.267. The van der Waals surface area contributed by atoms with Gasteiger partial charge in [-0.1, -0.05) is 0 Å². The summed E-state index contributed by atoms with van der Waals surface area (Å²) in [6.07, 6.45) is 3.02. The number of guanidine groups is 1. The molecule has 0 radical (unpaired) electrons. The molecule has 0 saturated carbocycles. The van der Waals surface area contributed by atoms with Gasteiger partial charge in [0.25, 0.3) is 0 Å². The summed E-state index contributed by atoms with van der Waals surface area (Å²) in [5.41, 5.74) is 5.40. The van der Waals surface area contributed by atoms with Crippen LogP contribution in [0, 0.1) is 5.92 Å². The molecule has 1 fully saturated rings. The summed E-state index contributed by atoms with van der Waals surface area (Å²) in [5.74, 6) is 0.700. The minimum absolute atomic E-state index is 0. The van der Waals surface area contributed by atoms with Crippen LogP contribution in [0.4, 0.5) is 0 Å². The van der Waals surface area contributed by atoms with Gasteiger partial charge in [0.15, 0.2) is 5.96 Å². The zero-order valence-corrected chi connectivity index (χ0v) is 16.6. The maximum absolute atomic E-state index is 11.3. The zero-order chi connectivity index (χ0) is 15.9. The van der Waals surface area contributed by atoms with Crippen molar-refractivity contribution in [3.05, 3.63) is 0 Å². The van der Waals surface area contributed by atoms with Crippen LogP contribution < -0.4 is 16.4 Å². The minimum Gasteiger partial charge on any atom is -0.369 e. The Morgan fingerprint density at radius 3 is 2.64 bits per heavy atom. The van der Waals surface area contributed by atoms with Crippen molar-refractivity contribution < 1.29 is 4.79 Å². The summed E-state index contributed by atoms with van der Waals surface area (Å²) in [7, 11) is 1.78. The third-order valence-electron chi connectivity index (χ3n) is 3.57. The second-order valence-corrected chi connectivity index (χ2v) is 6.77. The van der Waals surface area contributed by atoms with Gasteiger partial charge in [0.05, 0.1) is 5.92 Å². The van der Waals surface area contributed by atoms with Gasteiger partial charge in [-0.15, -0.1) is 24.0 Å². The van der Waals surface area contributed by atoms with Crippen LogP contribution in [0.1, 0.15) is 40.0 Å². The van der Waals surface area contributed by atoms with Crippen molar-refractivity contribution in [2.75, 3.05) is 33.2 Å². The van der Waals surface area contributed by atoms with Gasteiger partial charge in [-0.2, -0.15) is 0 Å². The van der Waals surface area contributed by atoms with Crippen molar-refractivity contribution in [1.29, 1.82) is 0 Å². The molecule has 130 valence electrons. The van der Waals surface area contributed by atoms with Crippen LogP contribution in [0.5, 0.6) is 0 Å². The highest BCUT2D eigenvalue weighted by Gasteiger charge is 2.23. The second-order valence-electron chi connectivity index (χ2n) is 6.77.